The molecular formula is C13H13N3O2. The molecule has 0 saturated heterocycles. The molecule has 0 saturated carbocycles. The van der Waals surface area contributed by atoms with Crippen molar-refractivity contribution < 1.29 is 9.63 Å². The van der Waals surface area contributed by atoms with Crippen LogP contribution in [0.4, 0.5) is 0 Å². The van der Waals surface area contributed by atoms with Gasteiger partial charge in [-0.3, -0.25) is 4.79 Å². The lowest BCUT2D eigenvalue weighted by atomic mass is 10.0. The van der Waals surface area contributed by atoms with Crippen LogP contribution in [0, 0.1) is 0 Å². The van der Waals surface area contributed by atoms with Crippen LogP contribution >= 0.6 is 0 Å². The summed E-state index contributed by atoms with van der Waals surface area (Å²) in [4.78, 5) is 20.1. The van der Waals surface area contributed by atoms with E-state index in [2.05, 4.69) is 10.1 Å². The van der Waals surface area contributed by atoms with Crippen LogP contribution in [-0.4, -0.2) is 28.7 Å². The number of aryl methyl sites for hydroxylation is 1. The zero-order chi connectivity index (χ0) is 13.0. The lowest BCUT2D eigenvalue weighted by Crippen LogP contribution is -2.12. The van der Waals surface area contributed by atoms with Gasteiger partial charge in [-0.2, -0.15) is 0 Å². The predicted molar refractivity (Wildman–Crippen MR) is 67.7 cm³/mol. The number of carbonyl (C=O) groups is 1. The number of aromatic nitrogens is 2. The van der Waals surface area contributed by atoms with E-state index in [9.17, 15) is 4.79 Å². The first-order chi connectivity index (χ1) is 8.77. The summed E-state index contributed by atoms with van der Waals surface area (Å²) in [7, 11) is 3.32. The Labute approximate surface area is 105 Å². The third-order valence-electron chi connectivity index (χ3n) is 2.56. The summed E-state index contributed by atoms with van der Waals surface area (Å²) in [6.07, 6.45) is 4.28. The van der Waals surface area contributed by atoms with Crippen LogP contribution in [0.2, 0.25) is 0 Å². The van der Waals surface area contributed by atoms with Gasteiger partial charge in [0.25, 0.3) is 0 Å². The molecular weight excluding hydrogens is 230 g/mol. The van der Waals surface area contributed by atoms with Gasteiger partial charge in [0.1, 0.15) is 7.11 Å². The third-order valence-corrected chi connectivity index (χ3v) is 2.56. The minimum absolute atomic E-state index is 0.535. The number of hydrogen-bond acceptors (Lipinski definition) is 4. The molecule has 1 aromatic heterocycles. The Morgan fingerprint density at radius 1 is 1.44 bits per heavy atom. The molecule has 2 aromatic rings. The molecule has 0 atom stereocenters. The van der Waals surface area contributed by atoms with E-state index in [-0.39, 0.29) is 0 Å². The highest BCUT2D eigenvalue weighted by molar-refractivity contribution is 6.14. The van der Waals surface area contributed by atoms with Crippen molar-refractivity contribution in [3.05, 3.63) is 53.6 Å². The van der Waals surface area contributed by atoms with E-state index in [1.807, 2.05) is 29.9 Å². The number of carbonyl (C=O) groups excluding carboxylic acids is 1. The SMILES string of the molecule is CON=C(c1ccccc1C=O)c1nccn1C. The first kappa shape index (κ1) is 12.0. The van der Waals surface area contributed by atoms with Crippen molar-refractivity contribution in [2.24, 2.45) is 12.2 Å². The molecule has 0 spiro atoms. The summed E-state index contributed by atoms with van der Waals surface area (Å²) in [6, 6.07) is 7.19. The molecule has 5 nitrogen and oxygen atoms in total. The second-order valence-corrected chi connectivity index (χ2v) is 3.69. The summed E-state index contributed by atoms with van der Waals surface area (Å²) in [6.45, 7) is 0. The molecule has 0 amide bonds. The lowest BCUT2D eigenvalue weighted by molar-refractivity contribution is 0.112. The van der Waals surface area contributed by atoms with Gasteiger partial charge in [0.2, 0.25) is 0 Å². The Balaban J connectivity index is 2.60. The van der Waals surface area contributed by atoms with Crippen LogP contribution in [-0.2, 0) is 11.9 Å². The average Bonchev–Trinajstić information content (AvgIpc) is 2.82. The monoisotopic (exact) mass is 243 g/mol. The average molecular weight is 243 g/mol. The summed E-state index contributed by atoms with van der Waals surface area (Å²) in [5.74, 6) is 0.645. The fourth-order valence-corrected chi connectivity index (χ4v) is 1.71. The van der Waals surface area contributed by atoms with Crippen LogP contribution in [0.15, 0.2) is 41.8 Å². The normalized spacial score (nSPS) is 11.3. The Morgan fingerprint density at radius 2 is 2.22 bits per heavy atom. The van der Waals surface area contributed by atoms with Crippen LogP contribution in [0.5, 0.6) is 0 Å². The zero-order valence-electron chi connectivity index (χ0n) is 10.2. The van der Waals surface area contributed by atoms with E-state index in [0.29, 0.717) is 22.7 Å². The molecule has 18 heavy (non-hydrogen) atoms. The molecule has 0 radical (unpaired) electrons. The van der Waals surface area contributed by atoms with Gasteiger partial charge in [-0.05, 0) is 0 Å². The maximum atomic E-state index is 11.1. The van der Waals surface area contributed by atoms with Gasteiger partial charge < -0.3 is 9.40 Å². The van der Waals surface area contributed by atoms with Gasteiger partial charge in [-0.1, -0.05) is 29.4 Å². The largest absolute Gasteiger partial charge is 0.399 e. The van der Waals surface area contributed by atoms with Crippen LogP contribution in [0.3, 0.4) is 0 Å². The second-order valence-electron chi connectivity index (χ2n) is 3.69. The highest BCUT2D eigenvalue weighted by atomic mass is 16.6. The fourth-order valence-electron chi connectivity index (χ4n) is 1.71. The van der Waals surface area contributed by atoms with E-state index < -0.39 is 0 Å². The van der Waals surface area contributed by atoms with Crippen molar-refractivity contribution in [1.29, 1.82) is 0 Å². The van der Waals surface area contributed by atoms with Crippen molar-refractivity contribution in [3.63, 3.8) is 0 Å². The van der Waals surface area contributed by atoms with Crippen LogP contribution in [0.1, 0.15) is 21.7 Å². The molecule has 1 heterocycles. The highest BCUT2D eigenvalue weighted by Crippen LogP contribution is 2.13. The molecule has 0 unspecified atom stereocenters. The predicted octanol–water partition coefficient (Wildman–Crippen LogP) is 1.63. The summed E-state index contributed by atoms with van der Waals surface area (Å²) >= 11 is 0. The summed E-state index contributed by atoms with van der Waals surface area (Å²) in [5.41, 5.74) is 1.78. The van der Waals surface area contributed by atoms with Crippen LogP contribution in [0.25, 0.3) is 0 Å². The maximum Gasteiger partial charge on any atom is 0.162 e. The molecule has 1 aromatic carbocycles. The Hall–Kier alpha value is -2.43. The number of imidazole rings is 1. The molecule has 0 N–H and O–H groups in total. The van der Waals surface area contributed by atoms with Crippen molar-refractivity contribution in [2.45, 2.75) is 0 Å². The molecule has 0 aliphatic heterocycles. The minimum atomic E-state index is 0.535. The minimum Gasteiger partial charge on any atom is -0.399 e. The smallest absolute Gasteiger partial charge is 0.162 e. The zero-order valence-corrected chi connectivity index (χ0v) is 10.2. The van der Waals surface area contributed by atoms with E-state index in [0.717, 1.165) is 6.29 Å². The third kappa shape index (κ3) is 2.15. The number of nitrogens with zero attached hydrogens (tertiary/aromatic N) is 3. The lowest BCUT2D eigenvalue weighted by Gasteiger charge is -2.08. The second kappa shape index (κ2) is 5.27. The standard InChI is InChI=1S/C13H13N3O2/c1-16-8-7-14-13(16)12(15-18-2)11-6-4-3-5-10(11)9-17/h3-9H,1-2H3. The van der Waals surface area contributed by atoms with E-state index in [1.54, 1.807) is 18.3 Å². The molecule has 2 rings (SSSR count). The first-order valence-corrected chi connectivity index (χ1v) is 5.41. The van der Waals surface area contributed by atoms with Gasteiger partial charge in [0.15, 0.2) is 17.8 Å². The van der Waals surface area contributed by atoms with Crippen LogP contribution < -0.4 is 0 Å². The molecule has 5 heteroatoms. The number of oxime groups is 1. The van der Waals surface area contributed by atoms with Gasteiger partial charge >= 0.3 is 0 Å². The Kier molecular flexibility index (Phi) is 3.52. The van der Waals surface area contributed by atoms with Gasteiger partial charge in [-0.25, -0.2) is 4.98 Å². The quantitative estimate of drug-likeness (QED) is 0.466. The van der Waals surface area contributed by atoms with Crippen molar-refractivity contribution in [2.75, 3.05) is 7.11 Å². The van der Waals surface area contributed by atoms with E-state index >= 15 is 0 Å². The van der Waals surface area contributed by atoms with Crippen molar-refractivity contribution in [1.82, 2.24) is 9.55 Å². The van der Waals surface area contributed by atoms with Gasteiger partial charge in [-0.15, -0.1) is 0 Å². The molecule has 92 valence electrons. The Bertz CT molecular complexity index is 587. The number of hydrogen-bond donors (Lipinski definition) is 0. The first-order valence-electron chi connectivity index (χ1n) is 5.41. The van der Waals surface area contributed by atoms with E-state index in [4.69, 9.17) is 4.84 Å². The van der Waals surface area contributed by atoms with Crippen molar-refractivity contribution in [3.8, 4) is 0 Å². The fraction of sp³-hybridized carbons (Fsp3) is 0.154. The summed E-state index contributed by atoms with van der Waals surface area (Å²) < 4.78 is 1.82. The van der Waals surface area contributed by atoms with Gasteiger partial charge in [0.05, 0.1) is 0 Å². The van der Waals surface area contributed by atoms with Crippen molar-refractivity contribution >= 4 is 12.0 Å². The molecule has 0 fully saturated rings. The van der Waals surface area contributed by atoms with E-state index in [1.165, 1.54) is 7.11 Å². The highest BCUT2D eigenvalue weighted by Gasteiger charge is 2.15. The number of aldehydes is 1. The topological polar surface area (TPSA) is 56.5 Å². The molecule has 0 bridgehead atoms. The summed E-state index contributed by atoms with van der Waals surface area (Å²) in [5, 5.41) is 3.98. The molecule has 0 aliphatic carbocycles. The Morgan fingerprint density at radius 3 is 2.83 bits per heavy atom. The molecule has 0 aliphatic rings. The van der Waals surface area contributed by atoms with Gasteiger partial charge in [0, 0.05) is 30.6 Å². The number of benzene rings is 1. The maximum absolute atomic E-state index is 11.1. The number of rotatable bonds is 4.